The number of hydrogen-bond acceptors (Lipinski definition) is 4. The number of carbonyl (C=O) groups is 1. The Bertz CT molecular complexity index is 313. The Morgan fingerprint density at radius 3 is 2.32 bits per heavy atom. The third-order valence-electron chi connectivity index (χ3n) is 4.13. The van der Waals surface area contributed by atoms with Crippen LogP contribution in [0.2, 0.25) is 0 Å². The van der Waals surface area contributed by atoms with Gasteiger partial charge in [-0.3, -0.25) is 10.2 Å². The lowest BCUT2D eigenvalue weighted by atomic mass is 9.96. The third kappa shape index (κ3) is 3.40. The number of nitrogens with zero attached hydrogens (tertiary/aromatic N) is 2. The van der Waals surface area contributed by atoms with Crippen LogP contribution in [0.25, 0.3) is 0 Å². The van der Waals surface area contributed by atoms with Crippen molar-refractivity contribution in [2.45, 2.75) is 31.7 Å². The summed E-state index contributed by atoms with van der Waals surface area (Å²) in [6.45, 7) is 3.76. The van der Waals surface area contributed by atoms with Gasteiger partial charge in [0, 0.05) is 19.6 Å². The Hall–Kier alpha value is -0.790. The van der Waals surface area contributed by atoms with E-state index in [9.17, 15) is 13.6 Å². The number of carbonyl (C=O) groups excluding carboxylic acids is 1. The predicted octanol–water partition coefficient (Wildman–Crippen LogP) is 0.377. The molecule has 1 amide bonds. The summed E-state index contributed by atoms with van der Waals surface area (Å²) in [5.41, 5.74) is 1.53. The van der Waals surface area contributed by atoms with Gasteiger partial charge in [0.15, 0.2) is 0 Å². The molecule has 0 unspecified atom stereocenters. The lowest BCUT2D eigenvalue weighted by Gasteiger charge is -2.36. The molecule has 0 aliphatic carbocycles. The fourth-order valence-electron chi connectivity index (χ4n) is 2.96. The highest BCUT2D eigenvalue weighted by Gasteiger charge is 2.46. The number of nitrogens with one attached hydrogen (secondary N) is 1. The average molecular weight is 276 g/mol. The van der Waals surface area contributed by atoms with E-state index >= 15 is 0 Å². The number of halogens is 2. The lowest BCUT2D eigenvalue weighted by molar-refractivity contribution is -0.183. The second-order valence-corrected chi connectivity index (χ2v) is 5.45. The Morgan fingerprint density at radius 2 is 1.79 bits per heavy atom. The SMILES string of the molecule is NNC(=O)C(F)(F)N1CCC(CN2CCCC2)CC1. The minimum atomic E-state index is -3.49. The van der Waals surface area contributed by atoms with E-state index in [1.807, 2.05) is 0 Å². The molecule has 2 heterocycles. The summed E-state index contributed by atoms with van der Waals surface area (Å²) in [4.78, 5) is 14.4. The van der Waals surface area contributed by atoms with Crippen LogP contribution in [0.15, 0.2) is 0 Å². The molecule has 7 heteroatoms. The highest BCUT2D eigenvalue weighted by atomic mass is 19.3. The van der Waals surface area contributed by atoms with E-state index in [0.29, 0.717) is 18.8 Å². The van der Waals surface area contributed by atoms with Gasteiger partial charge in [0.25, 0.3) is 0 Å². The molecule has 2 fully saturated rings. The zero-order valence-corrected chi connectivity index (χ0v) is 11.1. The van der Waals surface area contributed by atoms with Crippen molar-refractivity contribution in [2.75, 3.05) is 32.7 Å². The molecule has 0 spiro atoms. The number of hydrogen-bond donors (Lipinski definition) is 2. The topological polar surface area (TPSA) is 61.6 Å². The monoisotopic (exact) mass is 276 g/mol. The van der Waals surface area contributed by atoms with E-state index in [2.05, 4.69) is 4.90 Å². The first-order chi connectivity index (χ1) is 9.04. The maximum Gasteiger partial charge on any atom is 0.384 e. The van der Waals surface area contributed by atoms with Crippen molar-refractivity contribution in [2.24, 2.45) is 11.8 Å². The van der Waals surface area contributed by atoms with Crippen LogP contribution in [0.3, 0.4) is 0 Å². The summed E-state index contributed by atoms with van der Waals surface area (Å²) in [7, 11) is 0. The Balaban J connectivity index is 1.79. The van der Waals surface area contributed by atoms with Gasteiger partial charge in [-0.15, -0.1) is 0 Å². The number of alkyl halides is 2. The maximum absolute atomic E-state index is 13.7. The molecule has 0 saturated carbocycles. The van der Waals surface area contributed by atoms with Gasteiger partial charge >= 0.3 is 12.0 Å². The van der Waals surface area contributed by atoms with Crippen molar-refractivity contribution in [3.8, 4) is 0 Å². The van der Waals surface area contributed by atoms with Gasteiger partial charge in [-0.25, -0.2) is 10.7 Å². The first-order valence-electron chi connectivity index (χ1n) is 6.90. The van der Waals surface area contributed by atoms with Crippen LogP contribution in [-0.2, 0) is 4.79 Å². The highest BCUT2D eigenvalue weighted by Crippen LogP contribution is 2.28. The van der Waals surface area contributed by atoms with E-state index in [4.69, 9.17) is 5.84 Å². The predicted molar refractivity (Wildman–Crippen MR) is 67.2 cm³/mol. The van der Waals surface area contributed by atoms with Crippen LogP contribution in [0.4, 0.5) is 8.78 Å². The van der Waals surface area contributed by atoms with E-state index in [1.165, 1.54) is 18.3 Å². The van der Waals surface area contributed by atoms with Gasteiger partial charge in [0.2, 0.25) is 0 Å². The molecule has 19 heavy (non-hydrogen) atoms. The van der Waals surface area contributed by atoms with Gasteiger partial charge in [-0.05, 0) is 44.7 Å². The molecule has 0 bridgehead atoms. The zero-order valence-electron chi connectivity index (χ0n) is 11.1. The van der Waals surface area contributed by atoms with E-state index in [0.717, 1.165) is 24.5 Å². The summed E-state index contributed by atoms with van der Waals surface area (Å²) in [6.07, 6.45) is 3.91. The minimum Gasteiger partial charge on any atom is -0.303 e. The smallest absolute Gasteiger partial charge is 0.303 e. The maximum atomic E-state index is 13.7. The molecule has 5 nitrogen and oxygen atoms in total. The van der Waals surface area contributed by atoms with Gasteiger partial charge < -0.3 is 4.90 Å². The summed E-state index contributed by atoms with van der Waals surface area (Å²) in [5, 5.41) is 0. The van der Waals surface area contributed by atoms with Crippen LogP contribution >= 0.6 is 0 Å². The number of nitrogens with two attached hydrogens (primary N) is 1. The van der Waals surface area contributed by atoms with Crippen molar-refractivity contribution in [1.82, 2.24) is 15.2 Å². The molecule has 0 aromatic heterocycles. The Morgan fingerprint density at radius 1 is 1.21 bits per heavy atom. The van der Waals surface area contributed by atoms with E-state index < -0.39 is 12.0 Å². The molecule has 110 valence electrons. The largest absolute Gasteiger partial charge is 0.384 e. The fraction of sp³-hybridized carbons (Fsp3) is 0.917. The molecule has 0 aromatic rings. The second-order valence-electron chi connectivity index (χ2n) is 5.45. The Kier molecular flexibility index (Phi) is 4.70. The summed E-state index contributed by atoms with van der Waals surface area (Å²) >= 11 is 0. The summed E-state index contributed by atoms with van der Waals surface area (Å²) in [5.74, 6) is 3.83. The fourth-order valence-corrected chi connectivity index (χ4v) is 2.96. The molecule has 2 aliphatic heterocycles. The minimum absolute atomic E-state index is 0.249. The number of piperidine rings is 1. The van der Waals surface area contributed by atoms with Crippen LogP contribution < -0.4 is 11.3 Å². The first kappa shape index (κ1) is 14.6. The van der Waals surface area contributed by atoms with Crippen molar-refractivity contribution >= 4 is 5.91 Å². The Labute approximate surface area is 112 Å². The quantitative estimate of drug-likeness (QED) is 0.337. The average Bonchev–Trinajstić information content (AvgIpc) is 2.91. The molecule has 0 aromatic carbocycles. The van der Waals surface area contributed by atoms with Crippen LogP contribution in [0.5, 0.6) is 0 Å². The molecule has 0 atom stereocenters. The summed E-state index contributed by atoms with van der Waals surface area (Å²) < 4.78 is 27.3. The lowest BCUT2D eigenvalue weighted by Crippen LogP contribution is -2.57. The number of amides is 1. The molecule has 2 rings (SSSR count). The standard InChI is InChI=1S/C12H22F2N4O/c13-12(14,11(19)16-15)18-7-3-10(4-8-18)9-17-5-1-2-6-17/h10H,1-9,15H2,(H,16,19). The van der Waals surface area contributed by atoms with Gasteiger partial charge in [0.05, 0.1) is 0 Å². The zero-order chi connectivity index (χ0) is 13.9. The highest BCUT2D eigenvalue weighted by molar-refractivity contribution is 5.82. The van der Waals surface area contributed by atoms with E-state index in [1.54, 1.807) is 0 Å². The van der Waals surface area contributed by atoms with Crippen LogP contribution in [-0.4, -0.2) is 54.5 Å². The third-order valence-corrected chi connectivity index (χ3v) is 4.13. The van der Waals surface area contributed by atoms with Crippen molar-refractivity contribution < 1.29 is 13.6 Å². The van der Waals surface area contributed by atoms with Crippen molar-refractivity contribution in [3.63, 3.8) is 0 Å². The number of likely N-dealkylation sites (tertiary alicyclic amines) is 2. The molecule has 2 aliphatic rings. The van der Waals surface area contributed by atoms with Crippen molar-refractivity contribution in [3.05, 3.63) is 0 Å². The normalized spacial score (nSPS) is 23.7. The van der Waals surface area contributed by atoms with Gasteiger partial charge in [-0.1, -0.05) is 0 Å². The van der Waals surface area contributed by atoms with Gasteiger partial charge in [0.1, 0.15) is 0 Å². The molecular formula is C12H22F2N4O. The molecule has 3 N–H and O–H groups in total. The van der Waals surface area contributed by atoms with Crippen LogP contribution in [0, 0.1) is 5.92 Å². The first-order valence-corrected chi connectivity index (χ1v) is 6.90. The van der Waals surface area contributed by atoms with Crippen LogP contribution in [0.1, 0.15) is 25.7 Å². The second kappa shape index (κ2) is 6.11. The van der Waals surface area contributed by atoms with Gasteiger partial charge in [-0.2, -0.15) is 8.78 Å². The summed E-state index contributed by atoms with van der Waals surface area (Å²) in [6, 6.07) is -3.49. The van der Waals surface area contributed by atoms with E-state index in [-0.39, 0.29) is 13.1 Å². The molecule has 2 saturated heterocycles. The van der Waals surface area contributed by atoms with Crippen molar-refractivity contribution in [1.29, 1.82) is 0 Å². The molecular weight excluding hydrogens is 254 g/mol. The molecule has 0 radical (unpaired) electrons. The number of rotatable bonds is 4. The number of hydrazine groups is 1.